The lowest BCUT2D eigenvalue weighted by atomic mass is 10.2. The zero-order valence-electron chi connectivity index (χ0n) is 10.9. The first-order chi connectivity index (χ1) is 8.74. The van der Waals surface area contributed by atoms with Gasteiger partial charge in [-0.1, -0.05) is 18.5 Å². The van der Waals surface area contributed by atoms with Crippen molar-refractivity contribution in [2.24, 2.45) is 0 Å². The fraction of sp³-hybridized carbons (Fsp3) is 0.462. The average molecular weight is 281 g/mol. The number of hydrogen-bond donors (Lipinski definition) is 0. The summed E-state index contributed by atoms with van der Waals surface area (Å²) in [5, 5.41) is 1.90. The number of pyridine rings is 1. The van der Waals surface area contributed by atoms with Gasteiger partial charge in [-0.05, 0) is 24.7 Å². The van der Waals surface area contributed by atoms with Crippen molar-refractivity contribution >= 4 is 29.4 Å². The number of thioether (sulfide) groups is 1. The Labute approximate surface area is 118 Å². The summed E-state index contributed by atoms with van der Waals surface area (Å²) in [5.41, 5.74) is 1.23. The summed E-state index contributed by atoms with van der Waals surface area (Å²) in [4.78, 5) is 7.98. The first-order valence-electron chi connectivity index (χ1n) is 6.03. The SMILES string of the molecule is C=CSN1CCN(c2cncc(SC)c2)[C@H](C)C1. The molecule has 0 bridgehead atoms. The number of aromatic nitrogens is 1. The Balaban J connectivity index is 2.07. The van der Waals surface area contributed by atoms with Gasteiger partial charge >= 0.3 is 0 Å². The van der Waals surface area contributed by atoms with Crippen molar-refractivity contribution in [3.8, 4) is 0 Å². The van der Waals surface area contributed by atoms with Crippen molar-refractivity contribution in [2.45, 2.75) is 17.9 Å². The van der Waals surface area contributed by atoms with E-state index in [2.05, 4.69) is 40.0 Å². The Bertz CT molecular complexity index is 411. The van der Waals surface area contributed by atoms with E-state index in [0.717, 1.165) is 19.6 Å². The van der Waals surface area contributed by atoms with Crippen LogP contribution in [0.4, 0.5) is 5.69 Å². The van der Waals surface area contributed by atoms with Crippen LogP contribution in [0.3, 0.4) is 0 Å². The molecule has 2 rings (SSSR count). The maximum Gasteiger partial charge on any atom is 0.0567 e. The molecular weight excluding hydrogens is 262 g/mol. The Morgan fingerprint density at radius 1 is 1.44 bits per heavy atom. The van der Waals surface area contributed by atoms with Crippen LogP contribution in [0.15, 0.2) is 35.3 Å². The summed E-state index contributed by atoms with van der Waals surface area (Å²) >= 11 is 3.45. The molecule has 0 aliphatic carbocycles. The second kappa shape index (κ2) is 6.50. The van der Waals surface area contributed by atoms with E-state index in [9.17, 15) is 0 Å². The molecule has 1 atom stereocenters. The summed E-state index contributed by atoms with van der Waals surface area (Å²) in [6.07, 6.45) is 5.97. The Hall–Kier alpha value is -0.650. The van der Waals surface area contributed by atoms with Crippen molar-refractivity contribution in [1.29, 1.82) is 0 Å². The average Bonchev–Trinajstić information content (AvgIpc) is 2.39. The van der Waals surface area contributed by atoms with Gasteiger partial charge in [0.1, 0.15) is 0 Å². The second-order valence-corrected chi connectivity index (χ2v) is 6.23. The smallest absolute Gasteiger partial charge is 0.0567 e. The van der Waals surface area contributed by atoms with E-state index >= 15 is 0 Å². The molecule has 1 aliphatic heterocycles. The summed E-state index contributed by atoms with van der Waals surface area (Å²) in [7, 11) is 0. The molecule has 1 saturated heterocycles. The van der Waals surface area contributed by atoms with Crippen LogP contribution in [-0.2, 0) is 0 Å². The molecule has 98 valence electrons. The van der Waals surface area contributed by atoms with Gasteiger partial charge in [0.15, 0.2) is 0 Å². The first-order valence-corrected chi connectivity index (χ1v) is 8.09. The molecule has 5 heteroatoms. The molecule has 0 saturated carbocycles. The molecule has 0 unspecified atom stereocenters. The molecule has 0 spiro atoms. The van der Waals surface area contributed by atoms with E-state index in [-0.39, 0.29) is 0 Å². The quantitative estimate of drug-likeness (QED) is 0.622. The Morgan fingerprint density at radius 2 is 2.28 bits per heavy atom. The third-order valence-corrected chi connectivity index (χ3v) is 4.55. The third kappa shape index (κ3) is 3.22. The first kappa shape index (κ1) is 13.8. The number of rotatable bonds is 4. The molecule has 0 radical (unpaired) electrons. The monoisotopic (exact) mass is 281 g/mol. The Morgan fingerprint density at radius 3 is 2.94 bits per heavy atom. The molecule has 1 aromatic heterocycles. The van der Waals surface area contributed by atoms with Gasteiger partial charge in [-0.25, -0.2) is 4.31 Å². The molecule has 1 fully saturated rings. The van der Waals surface area contributed by atoms with Crippen LogP contribution in [0.1, 0.15) is 6.92 Å². The van der Waals surface area contributed by atoms with Crippen LogP contribution in [0.25, 0.3) is 0 Å². The van der Waals surface area contributed by atoms with Crippen molar-refractivity contribution in [1.82, 2.24) is 9.29 Å². The van der Waals surface area contributed by atoms with Crippen molar-refractivity contribution in [3.63, 3.8) is 0 Å². The van der Waals surface area contributed by atoms with E-state index in [1.807, 2.05) is 17.8 Å². The maximum atomic E-state index is 4.32. The van der Waals surface area contributed by atoms with Crippen LogP contribution in [0.5, 0.6) is 0 Å². The van der Waals surface area contributed by atoms with Gasteiger partial charge in [-0.2, -0.15) is 0 Å². The molecule has 0 aromatic carbocycles. The predicted octanol–water partition coefficient (Wildman–Crippen LogP) is 3.11. The number of anilines is 1. The highest BCUT2D eigenvalue weighted by Gasteiger charge is 2.23. The second-order valence-electron chi connectivity index (χ2n) is 4.29. The highest BCUT2D eigenvalue weighted by molar-refractivity contribution is 7.99. The molecule has 2 heterocycles. The molecule has 1 aromatic rings. The van der Waals surface area contributed by atoms with Gasteiger partial charge in [0.05, 0.1) is 11.9 Å². The molecule has 18 heavy (non-hydrogen) atoms. The van der Waals surface area contributed by atoms with Gasteiger partial charge in [0, 0.05) is 36.8 Å². The minimum absolute atomic E-state index is 0.505. The third-order valence-electron chi connectivity index (χ3n) is 3.08. The zero-order valence-corrected chi connectivity index (χ0v) is 12.5. The van der Waals surface area contributed by atoms with Gasteiger partial charge in [0.2, 0.25) is 0 Å². The van der Waals surface area contributed by atoms with E-state index < -0.39 is 0 Å². The van der Waals surface area contributed by atoms with E-state index in [1.165, 1.54) is 10.6 Å². The summed E-state index contributed by atoms with van der Waals surface area (Å²) in [5.74, 6) is 0. The largest absolute Gasteiger partial charge is 0.365 e. The maximum absolute atomic E-state index is 4.32. The van der Waals surface area contributed by atoms with Crippen LogP contribution in [0.2, 0.25) is 0 Å². The van der Waals surface area contributed by atoms with Crippen molar-refractivity contribution in [2.75, 3.05) is 30.8 Å². The standard InChI is InChI=1S/C13H19N3S2/c1-4-18-15-5-6-16(11(2)10-15)12-7-13(17-3)9-14-8-12/h4,7-9,11H,1,5-6,10H2,2-3H3/t11-/m1/s1. The number of nitrogens with zero attached hydrogens (tertiary/aromatic N) is 3. The van der Waals surface area contributed by atoms with E-state index in [0.29, 0.717) is 6.04 Å². The molecule has 0 N–H and O–H groups in total. The minimum atomic E-state index is 0.505. The predicted molar refractivity (Wildman–Crippen MR) is 82.2 cm³/mol. The highest BCUT2D eigenvalue weighted by Crippen LogP contribution is 2.26. The van der Waals surface area contributed by atoms with Gasteiger partial charge < -0.3 is 4.90 Å². The van der Waals surface area contributed by atoms with E-state index in [4.69, 9.17) is 0 Å². The lowest BCUT2D eigenvalue weighted by Gasteiger charge is -2.40. The zero-order chi connectivity index (χ0) is 13.0. The summed E-state index contributed by atoms with van der Waals surface area (Å²) in [6.45, 7) is 9.20. The topological polar surface area (TPSA) is 19.4 Å². The van der Waals surface area contributed by atoms with Crippen LogP contribution in [-0.4, -0.2) is 41.2 Å². The normalized spacial score (nSPS) is 21.0. The molecule has 1 aliphatic rings. The lowest BCUT2D eigenvalue weighted by molar-refractivity contribution is 0.375. The summed E-state index contributed by atoms with van der Waals surface area (Å²) < 4.78 is 2.36. The highest BCUT2D eigenvalue weighted by atomic mass is 32.2. The van der Waals surface area contributed by atoms with Crippen LogP contribution in [0, 0.1) is 0 Å². The molecule has 3 nitrogen and oxygen atoms in total. The summed E-state index contributed by atoms with van der Waals surface area (Å²) in [6, 6.07) is 2.73. The van der Waals surface area contributed by atoms with Gasteiger partial charge in [0.25, 0.3) is 0 Å². The van der Waals surface area contributed by atoms with Crippen LogP contribution >= 0.6 is 23.7 Å². The van der Waals surface area contributed by atoms with Crippen molar-refractivity contribution < 1.29 is 0 Å². The lowest BCUT2D eigenvalue weighted by Crippen LogP contribution is -2.49. The van der Waals surface area contributed by atoms with Gasteiger partial charge in [-0.3, -0.25) is 4.98 Å². The van der Waals surface area contributed by atoms with Crippen LogP contribution < -0.4 is 4.90 Å². The fourth-order valence-electron chi connectivity index (χ4n) is 2.19. The number of hydrogen-bond acceptors (Lipinski definition) is 5. The molecule has 0 amide bonds. The fourth-order valence-corrected chi connectivity index (χ4v) is 3.29. The molecular formula is C13H19N3S2. The van der Waals surface area contributed by atoms with E-state index in [1.54, 1.807) is 23.7 Å². The minimum Gasteiger partial charge on any atom is -0.365 e. The van der Waals surface area contributed by atoms with Crippen molar-refractivity contribution in [3.05, 3.63) is 30.4 Å². The Kier molecular flexibility index (Phi) is 4.97. The van der Waals surface area contributed by atoms with Gasteiger partial charge in [-0.15, -0.1) is 11.8 Å². The number of piperazine rings is 1.